The first-order chi connectivity index (χ1) is 5.56. The van der Waals surface area contributed by atoms with Gasteiger partial charge in [0.25, 0.3) is 0 Å². The highest BCUT2D eigenvalue weighted by atomic mass is 35.5. The quantitative estimate of drug-likeness (QED) is 0.646. The van der Waals surface area contributed by atoms with Crippen LogP contribution in [-0.2, 0) is 4.79 Å². The number of carbonyl (C=O) groups is 1. The molecule has 0 aromatic heterocycles. The van der Waals surface area contributed by atoms with Gasteiger partial charge in [-0.05, 0) is 0 Å². The standard InChI is InChI=1S/C8H10ClNO2/c1-3-4-10(5-7(2)9)6-8(11)12/h1H,2,4-6H2,(H,11,12). The number of nitrogens with zero attached hydrogens (tertiary/aromatic N) is 1. The van der Waals surface area contributed by atoms with Crippen molar-refractivity contribution in [3.63, 3.8) is 0 Å². The first kappa shape index (κ1) is 11.0. The Kier molecular flexibility index (Phi) is 5.18. The van der Waals surface area contributed by atoms with Crippen molar-refractivity contribution < 1.29 is 9.90 Å². The molecule has 0 bridgehead atoms. The molecular weight excluding hydrogens is 178 g/mol. The van der Waals surface area contributed by atoms with E-state index in [1.165, 1.54) is 4.90 Å². The van der Waals surface area contributed by atoms with Gasteiger partial charge in [-0.25, -0.2) is 0 Å². The van der Waals surface area contributed by atoms with Crippen molar-refractivity contribution in [3.8, 4) is 12.3 Å². The van der Waals surface area contributed by atoms with Crippen LogP contribution in [0.25, 0.3) is 0 Å². The molecule has 0 heterocycles. The van der Waals surface area contributed by atoms with Crippen LogP contribution in [0.2, 0.25) is 0 Å². The zero-order valence-corrected chi connectivity index (χ0v) is 7.34. The lowest BCUT2D eigenvalue weighted by atomic mass is 10.4. The summed E-state index contributed by atoms with van der Waals surface area (Å²) in [7, 11) is 0. The lowest BCUT2D eigenvalue weighted by Gasteiger charge is -2.15. The molecule has 0 radical (unpaired) electrons. The molecule has 4 heteroatoms. The van der Waals surface area contributed by atoms with E-state index in [1.54, 1.807) is 0 Å². The molecule has 1 N–H and O–H groups in total. The molecule has 0 aliphatic rings. The van der Waals surface area contributed by atoms with E-state index in [-0.39, 0.29) is 13.1 Å². The number of hydrogen-bond donors (Lipinski definition) is 1. The van der Waals surface area contributed by atoms with Crippen LogP contribution in [0.15, 0.2) is 11.6 Å². The molecule has 0 aliphatic heterocycles. The van der Waals surface area contributed by atoms with Crippen LogP contribution >= 0.6 is 11.6 Å². The largest absolute Gasteiger partial charge is 0.480 e. The molecule has 66 valence electrons. The molecule has 0 saturated heterocycles. The molecule has 0 fully saturated rings. The monoisotopic (exact) mass is 187 g/mol. The second-order valence-electron chi connectivity index (χ2n) is 2.26. The maximum absolute atomic E-state index is 10.3. The molecular formula is C8H10ClNO2. The van der Waals surface area contributed by atoms with Crippen molar-refractivity contribution in [3.05, 3.63) is 11.6 Å². The maximum Gasteiger partial charge on any atom is 0.317 e. The fourth-order valence-corrected chi connectivity index (χ4v) is 0.900. The van der Waals surface area contributed by atoms with E-state index in [0.29, 0.717) is 11.6 Å². The van der Waals surface area contributed by atoms with Gasteiger partial charge in [0.05, 0.1) is 13.1 Å². The smallest absolute Gasteiger partial charge is 0.317 e. The Morgan fingerprint density at radius 1 is 1.67 bits per heavy atom. The molecule has 3 nitrogen and oxygen atoms in total. The molecule has 0 aliphatic carbocycles. The van der Waals surface area contributed by atoms with Crippen LogP contribution in [-0.4, -0.2) is 35.6 Å². The lowest BCUT2D eigenvalue weighted by molar-refractivity contribution is -0.138. The number of halogens is 1. The Labute approximate surface area is 76.6 Å². The van der Waals surface area contributed by atoms with Gasteiger partial charge in [0.1, 0.15) is 0 Å². The van der Waals surface area contributed by atoms with Crippen LogP contribution < -0.4 is 0 Å². The number of terminal acetylenes is 1. The number of rotatable bonds is 5. The fraction of sp³-hybridized carbons (Fsp3) is 0.375. The SMILES string of the molecule is C#CCN(CC(=C)Cl)CC(=O)O. The minimum atomic E-state index is -0.928. The summed E-state index contributed by atoms with van der Waals surface area (Å²) in [5, 5.41) is 8.82. The third-order valence-electron chi connectivity index (χ3n) is 1.07. The highest BCUT2D eigenvalue weighted by molar-refractivity contribution is 6.29. The molecule has 0 atom stereocenters. The third kappa shape index (κ3) is 5.78. The van der Waals surface area contributed by atoms with Crippen molar-refractivity contribution in [2.75, 3.05) is 19.6 Å². The minimum Gasteiger partial charge on any atom is -0.480 e. The van der Waals surface area contributed by atoms with E-state index >= 15 is 0 Å². The third-order valence-corrected chi connectivity index (χ3v) is 1.19. The van der Waals surface area contributed by atoms with Crippen molar-refractivity contribution in [2.24, 2.45) is 0 Å². The van der Waals surface area contributed by atoms with E-state index in [9.17, 15) is 4.79 Å². The average molecular weight is 188 g/mol. The maximum atomic E-state index is 10.3. The van der Waals surface area contributed by atoms with Gasteiger partial charge < -0.3 is 5.11 Å². The highest BCUT2D eigenvalue weighted by Gasteiger charge is 2.08. The first-order valence-electron chi connectivity index (χ1n) is 3.27. The summed E-state index contributed by atoms with van der Waals surface area (Å²) in [6, 6.07) is 0. The van der Waals surface area contributed by atoms with Crippen molar-refractivity contribution in [2.45, 2.75) is 0 Å². The van der Waals surface area contributed by atoms with Gasteiger partial charge in [0, 0.05) is 11.6 Å². The zero-order chi connectivity index (χ0) is 9.56. The predicted octanol–water partition coefficient (Wildman–Crippen LogP) is 0.759. The van der Waals surface area contributed by atoms with E-state index in [0.717, 1.165) is 0 Å². The average Bonchev–Trinajstić information content (AvgIpc) is 1.84. The van der Waals surface area contributed by atoms with Crippen LogP contribution in [0.4, 0.5) is 0 Å². The second kappa shape index (κ2) is 5.64. The fourth-order valence-electron chi connectivity index (χ4n) is 0.731. The second-order valence-corrected chi connectivity index (χ2v) is 2.79. The van der Waals surface area contributed by atoms with Crippen LogP contribution in [0.5, 0.6) is 0 Å². The van der Waals surface area contributed by atoms with E-state index in [1.807, 2.05) is 0 Å². The van der Waals surface area contributed by atoms with Gasteiger partial charge in [-0.15, -0.1) is 6.42 Å². The van der Waals surface area contributed by atoms with E-state index in [2.05, 4.69) is 12.5 Å². The Bertz CT molecular complexity index is 204. The molecule has 0 aromatic carbocycles. The summed E-state index contributed by atoms with van der Waals surface area (Å²) < 4.78 is 0. The molecule has 12 heavy (non-hydrogen) atoms. The predicted molar refractivity (Wildman–Crippen MR) is 47.9 cm³/mol. The van der Waals surface area contributed by atoms with Gasteiger partial charge in [-0.2, -0.15) is 0 Å². The summed E-state index contributed by atoms with van der Waals surface area (Å²) in [6.45, 7) is 3.90. The lowest BCUT2D eigenvalue weighted by Crippen LogP contribution is -2.31. The number of hydrogen-bond acceptors (Lipinski definition) is 2. The topological polar surface area (TPSA) is 40.5 Å². The molecule has 0 spiro atoms. The minimum absolute atomic E-state index is 0.115. The van der Waals surface area contributed by atoms with Gasteiger partial charge in [-0.1, -0.05) is 24.1 Å². The van der Waals surface area contributed by atoms with Gasteiger partial charge in [0.2, 0.25) is 0 Å². The Hall–Kier alpha value is -0.980. The summed E-state index contributed by atoms with van der Waals surface area (Å²) >= 11 is 5.49. The summed E-state index contributed by atoms with van der Waals surface area (Å²) in [6.07, 6.45) is 5.02. The molecule has 0 rings (SSSR count). The summed E-state index contributed by atoms with van der Waals surface area (Å²) in [4.78, 5) is 11.8. The van der Waals surface area contributed by atoms with Crippen LogP contribution in [0, 0.1) is 12.3 Å². The Balaban J connectivity index is 3.96. The van der Waals surface area contributed by atoms with Crippen LogP contribution in [0.3, 0.4) is 0 Å². The number of carboxylic acids is 1. The Morgan fingerprint density at radius 3 is 2.58 bits per heavy atom. The first-order valence-corrected chi connectivity index (χ1v) is 3.65. The van der Waals surface area contributed by atoms with Gasteiger partial charge >= 0.3 is 5.97 Å². The number of aliphatic carboxylic acids is 1. The van der Waals surface area contributed by atoms with Crippen molar-refractivity contribution in [1.82, 2.24) is 4.90 Å². The number of carboxylic acid groups (broad SMARTS) is 1. The van der Waals surface area contributed by atoms with Crippen molar-refractivity contribution >= 4 is 17.6 Å². The van der Waals surface area contributed by atoms with E-state index in [4.69, 9.17) is 23.1 Å². The van der Waals surface area contributed by atoms with E-state index < -0.39 is 5.97 Å². The highest BCUT2D eigenvalue weighted by Crippen LogP contribution is 2.00. The van der Waals surface area contributed by atoms with Crippen molar-refractivity contribution in [1.29, 1.82) is 0 Å². The summed E-state index contributed by atoms with van der Waals surface area (Å²) in [5.74, 6) is 1.41. The molecule has 0 saturated carbocycles. The van der Waals surface area contributed by atoms with Crippen LogP contribution in [0.1, 0.15) is 0 Å². The normalized spacial score (nSPS) is 9.42. The Morgan fingerprint density at radius 2 is 2.25 bits per heavy atom. The van der Waals surface area contributed by atoms with Gasteiger partial charge in [-0.3, -0.25) is 9.69 Å². The zero-order valence-electron chi connectivity index (χ0n) is 6.59. The molecule has 0 aromatic rings. The van der Waals surface area contributed by atoms with Gasteiger partial charge in [0.15, 0.2) is 0 Å². The summed E-state index contributed by atoms with van der Waals surface area (Å²) in [5.41, 5.74) is 0. The molecule has 0 amide bonds. The molecule has 0 unspecified atom stereocenters.